The maximum atomic E-state index is 12.0. The number of hydrogen-bond donors (Lipinski definition) is 1. The second kappa shape index (κ2) is 6.49. The molecule has 0 aliphatic heterocycles. The highest BCUT2D eigenvalue weighted by Crippen LogP contribution is 2.24. The van der Waals surface area contributed by atoms with Crippen LogP contribution in [0.25, 0.3) is 0 Å². The van der Waals surface area contributed by atoms with E-state index in [1.807, 2.05) is 13.0 Å². The molecule has 0 aromatic carbocycles. The van der Waals surface area contributed by atoms with Crippen LogP contribution < -0.4 is 5.32 Å². The van der Waals surface area contributed by atoms with Crippen molar-refractivity contribution in [3.63, 3.8) is 0 Å². The summed E-state index contributed by atoms with van der Waals surface area (Å²) in [5, 5.41) is 11.9. The van der Waals surface area contributed by atoms with Crippen molar-refractivity contribution in [2.24, 2.45) is 0 Å². The minimum absolute atomic E-state index is 0.272. The Kier molecular flexibility index (Phi) is 4.70. The molecule has 1 aromatic heterocycles. The Morgan fingerprint density at radius 2 is 2.30 bits per heavy atom. The van der Waals surface area contributed by atoms with E-state index in [2.05, 4.69) is 16.4 Å². The third-order valence-corrected chi connectivity index (χ3v) is 3.45. The first kappa shape index (κ1) is 14.5. The Hall–Kier alpha value is -1.93. The molecule has 106 valence electrons. The van der Waals surface area contributed by atoms with Crippen molar-refractivity contribution in [3.8, 4) is 6.07 Å². The fourth-order valence-corrected chi connectivity index (χ4v) is 2.36. The number of aryl methyl sites for hydroxylation is 2. The summed E-state index contributed by atoms with van der Waals surface area (Å²) in [5.74, 6) is 0.0799. The van der Waals surface area contributed by atoms with E-state index in [-0.39, 0.29) is 5.91 Å². The topological polar surface area (TPSA) is 75.0 Å². The van der Waals surface area contributed by atoms with Gasteiger partial charge in [0.15, 0.2) is 5.82 Å². The number of nitrogens with one attached hydrogen (secondary N) is 1. The molecule has 0 bridgehead atoms. The van der Waals surface area contributed by atoms with Crippen molar-refractivity contribution in [2.45, 2.75) is 45.6 Å². The van der Waals surface area contributed by atoms with Gasteiger partial charge in [-0.2, -0.15) is 5.26 Å². The Morgan fingerprint density at radius 1 is 1.55 bits per heavy atom. The first-order valence-corrected chi connectivity index (χ1v) is 7.01. The normalized spacial score (nSPS) is 15.1. The van der Waals surface area contributed by atoms with Gasteiger partial charge in [-0.3, -0.25) is 4.79 Å². The molecule has 0 spiro atoms. The Bertz CT molecular complexity index is 549. The second-order valence-electron chi connectivity index (χ2n) is 4.90. The van der Waals surface area contributed by atoms with Gasteiger partial charge in [-0.15, -0.1) is 0 Å². The van der Waals surface area contributed by atoms with Crippen molar-refractivity contribution < 1.29 is 9.53 Å². The average molecular weight is 273 g/mol. The molecule has 1 aliphatic rings. The van der Waals surface area contributed by atoms with Crippen LogP contribution in [0, 0.1) is 11.3 Å². The zero-order valence-corrected chi connectivity index (χ0v) is 11.9. The zero-order valence-electron chi connectivity index (χ0n) is 11.9. The number of amides is 1. The van der Waals surface area contributed by atoms with Crippen molar-refractivity contribution in [3.05, 3.63) is 22.9 Å². The first-order chi connectivity index (χ1) is 9.65. The number of nitrogens with zero attached hydrogens (tertiary/aromatic N) is 2. The lowest BCUT2D eigenvalue weighted by atomic mass is 9.95. The predicted molar refractivity (Wildman–Crippen MR) is 75.3 cm³/mol. The summed E-state index contributed by atoms with van der Waals surface area (Å²) in [4.78, 5) is 16.4. The monoisotopic (exact) mass is 273 g/mol. The van der Waals surface area contributed by atoms with Crippen LogP contribution in [0.4, 0.5) is 5.82 Å². The number of pyridine rings is 1. The number of aromatic nitrogens is 1. The van der Waals surface area contributed by atoms with Crippen molar-refractivity contribution in [1.29, 1.82) is 5.26 Å². The molecule has 1 aromatic rings. The van der Waals surface area contributed by atoms with Gasteiger partial charge in [-0.25, -0.2) is 4.98 Å². The van der Waals surface area contributed by atoms with Crippen molar-refractivity contribution in [1.82, 2.24) is 4.98 Å². The van der Waals surface area contributed by atoms with E-state index in [0.29, 0.717) is 18.0 Å². The number of carbonyl (C=O) groups is 1. The minimum atomic E-state index is -0.552. The second-order valence-corrected chi connectivity index (χ2v) is 4.90. The third kappa shape index (κ3) is 3.14. The first-order valence-electron chi connectivity index (χ1n) is 7.01. The zero-order chi connectivity index (χ0) is 14.5. The quantitative estimate of drug-likeness (QED) is 0.912. The molecule has 1 unspecified atom stereocenters. The van der Waals surface area contributed by atoms with Crippen LogP contribution in [0.15, 0.2) is 6.07 Å². The number of fused-ring (bicyclic) bond motifs is 1. The predicted octanol–water partition coefficient (Wildman–Crippen LogP) is 2.20. The Morgan fingerprint density at radius 3 is 3.00 bits per heavy atom. The van der Waals surface area contributed by atoms with E-state index in [1.54, 1.807) is 6.92 Å². The van der Waals surface area contributed by atoms with E-state index in [1.165, 1.54) is 0 Å². The number of anilines is 1. The van der Waals surface area contributed by atoms with Crippen LogP contribution in [0.3, 0.4) is 0 Å². The van der Waals surface area contributed by atoms with E-state index < -0.39 is 6.10 Å². The highest BCUT2D eigenvalue weighted by molar-refractivity contribution is 5.94. The lowest BCUT2D eigenvalue weighted by molar-refractivity contribution is -0.126. The van der Waals surface area contributed by atoms with Gasteiger partial charge in [0.05, 0.1) is 5.56 Å². The summed E-state index contributed by atoms with van der Waals surface area (Å²) in [6.07, 6.45) is 3.55. The average Bonchev–Trinajstić information content (AvgIpc) is 2.46. The highest BCUT2D eigenvalue weighted by Gasteiger charge is 2.19. The molecule has 0 radical (unpaired) electrons. The molecule has 0 saturated heterocycles. The van der Waals surface area contributed by atoms with Crippen LogP contribution in [-0.4, -0.2) is 23.6 Å². The van der Waals surface area contributed by atoms with E-state index >= 15 is 0 Å². The molecule has 1 N–H and O–H groups in total. The SMILES string of the molecule is CCOC(C)C(=O)Nc1nc2c(cc1C#N)CCCC2. The standard InChI is InChI=1S/C15H19N3O2/c1-3-20-10(2)15(19)18-14-12(9-16)8-11-6-4-5-7-13(11)17-14/h8,10H,3-7H2,1-2H3,(H,17,18,19). The number of carbonyl (C=O) groups excluding carboxylic acids is 1. The summed E-state index contributed by atoms with van der Waals surface area (Å²) in [6, 6.07) is 3.95. The van der Waals surface area contributed by atoms with Crippen LogP contribution in [0.2, 0.25) is 0 Å². The maximum absolute atomic E-state index is 12.0. The van der Waals surface area contributed by atoms with Crippen LogP contribution in [0.5, 0.6) is 0 Å². The van der Waals surface area contributed by atoms with Gasteiger partial charge in [0.2, 0.25) is 0 Å². The van der Waals surface area contributed by atoms with Crippen LogP contribution in [0.1, 0.15) is 43.5 Å². The molecule has 5 nitrogen and oxygen atoms in total. The van der Waals surface area contributed by atoms with Crippen molar-refractivity contribution >= 4 is 11.7 Å². The van der Waals surface area contributed by atoms with Crippen LogP contribution in [-0.2, 0) is 22.4 Å². The summed E-state index contributed by atoms with van der Waals surface area (Å²) in [7, 11) is 0. The fraction of sp³-hybridized carbons (Fsp3) is 0.533. The van der Waals surface area contributed by atoms with Gasteiger partial charge in [-0.05, 0) is 51.2 Å². The molecule has 1 atom stereocenters. The van der Waals surface area contributed by atoms with Gasteiger partial charge in [-0.1, -0.05) is 0 Å². The number of rotatable bonds is 4. The number of ether oxygens (including phenoxy) is 1. The van der Waals surface area contributed by atoms with Gasteiger partial charge in [0, 0.05) is 12.3 Å². The number of nitriles is 1. The van der Waals surface area contributed by atoms with Gasteiger partial charge in [0.1, 0.15) is 12.2 Å². The van der Waals surface area contributed by atoms with E-state index in [0.717, 1.165) is 36.9 Å². The lowest BCUT2D eigenvalue weighted by Crippen LogP contribution is -2.28. The number of hydrogen-bond acceptors (Lipinski definition) is 4. The van der Waals surface area contributed by atoms with E-state index in [4.69, 9.17) is 4.74 Å². The van der Waals surface area contributed by atoms with E-state index in [9.17, 15) is 10.1 Å². The summed E-state index contributed by atoms with van der Waals surface area (Å²) in [5.41, 5.74) is 2.54. The molecule has 1 aliphatic carbocycles. The maximum Gasteiger partial charge on any atom is 0.254 e. The molecular weight excluding hydrogens is 254 g/mol. The molecule has 1 heterocycles. The van der Waals surface area contributed by atoms with Gasteiger partial charge < -0.3 is 10.1 Å². The molecule has 20 heavy (non-hydrogen) atoms. The van der Waals surface area contributed by atoms with Crippen molar-refractivity contribution in [2.75, 3.05) is 11.9 Å². The molecule has 5 heteroatoms. The highest BCUT2D eigenvalue weighted by atomic mass is 16.5. The molecule has 2 rings (SSSR count). The molecule has 0 fully saturated rings. The molecule has 1 amide bonds. The summed E-state index contributed by atoms with van der Waals surface area (Å²) >= 11 is 0. The Balaban J connectivity index is 2.23. The third-order valence-electron chi connectivity index (χ3n) is 3.45. The summed E-state index contributed by atoms with van der Waals surface area (Å²) < 4.78 is 5.24. The largest absolute Gasteiger partial charge is 0.369 e. The lowest BCUT2D eigenvalue weighted by Gasteiger charge is -2.18. The minimum Gasteiger partial charge on any atom is -0.369 e. The van der Waals surface area contributed by atoms with Crippen LogP contribution >= 0.6 is 0 Å². The molecular formula is C15H19N3O2. The Labute approximate surface area is 119 Å². The fourth-order valence-electron chi connectivity index (χ4n) is 2.36. The summed E-state index contributed by atoms with van der Waals surface area (Å²) in [6.45, 7) is 3.99. The van der Waals surface area contributed by atoms with Gasteiger partial charge in [0.25, 0.3) is 5.91 Å². The van der Waals surface area contributed by atoms with Gasteiger partial charge >= 0.3 is 0 Å². The molecule has 0 saturated carbocycles. The smallest absolute Gasteiger partial charge is 0.254 e.